The van der Waals surface area contributed by atoms with Crippen molar-refractivity contribution >= 4 is 11.9 Å². The molecule has 9 heteroatoms. The van der Waals surface area contributed by atoms with Crippen LogP contribution in [0.2, 0.25) is 0 Å². The lowest BCUT2D eigenvalue weighted by Gasteiger charge is -2.10. The fourth-order valence-electron chi connectivity index (χ4n) is 1.25. The third kappa shape index (κ3) is 2.51. The average Bonchev–Trinajstić information content (AvgIpc) is 2.74. The predicted octanol–water partition coefficient (Wildman–Crippen LogP) is -0.483. The van der Waals surface area contributed by atoms with Crippen LogP contribution in [0.4, 0.5) is 5.95 Å². The zero-order valence-electron chi connectivity index (χ0n) is 8.66. The third-order valence-electron chi connectivity index (χ3n) is 1.99. The van der Waals surface area contributed by atoms with Crippen LogP contribution in [0.3, 0.4) is 0 Å². The summed E-state index contributed by atoms with van der Waals surface area (Å²) in [5, 5.41) is 14.0. The number of amides is 1. The Kier molecular flexibility index (Phi) is 3.89. The summed E-state index contributed by atoms with van der Waals surface area (Å²) in [7, 11) is 0. The summed E-state index contributed by atoms with van der Waals surface area (Å²) in [6, 6.07) is -0.670. The van der Waals surface area contributed by atoms with Gasteiger partial charge in [-0.05, 0) is 11.3 Å². The van der Waals surface area contributed by atoms with Crippen LogP contribution in [0.1, 0.15) is 25.8 Å². The van der Waals surface area contributed by atoms with Crippen molar-refractivity contribution in [3.8, 4) is 0 Å². The highest BCUT2D eigenvalue weighted by Crippen LogP contribution is 2.14. The van der Waals surface area contributed by atoms with Crippen molar-refractivity contribution < 1.29 is 9.72 Å². The molecule has 0 aliphatic carbocycles. The first-order valence-corrected chi connectivity index (χ1v) is 4.66. The number of nitro groups is 1. The van der Waals surface area contributed by atoms with Gasteiger partial charge in [0, 0.05) is 5.10 Å². The number of nitrogens with two attached hydrogens (primary N) is 1. The normalized spacial score (nSPS) is 12.1. The van der Waals surface area contributed by atoms with Crippen molar-refractivity contribution in [2.24, 2.45) is 5.84 Å². The van der Waals surface area contributed by atoms with Crippen molar-refractivity contribution in [2.75, 3.05) is 0 Å². The van der Waals surface area contributed by atoms with Crippen LogP contribution < -0.4 is 11.3 Å². The Morgan fingerprint density at radius 3 is 2.94 bits per heavy atom. The van der Waals surface area contributed by atoms with E-state index in [1.165, 1.54) is 0 Å². The smallest absolute Gasteiger partial charge is 0.390 e. The summed E-state index contributed by atoms with van der Waals surface area (Å²) >= 11 is 0. The number of hydrazine groups is 1. The molecule has 0 spiro atoms. The van der Waals surface area contributed by atoms with E-state index in [1.54, 1.807) is 0 Å². The maximum atomic E-state index is 11.4. The van der Waals surface area contributed by atoms with E-state index in [0.717, 1.165) is 11.0 Å². The van der Waals surface area contributed by atoms with Gasteiger partial charge >= 0.3 is 5.95 Å². The molecule has 1 rings (SSSR count). The summed E-state index contributed by atoms with van der Waals surface area (Å²) in [5.41, 5.74) is 1.99. The quantitative estimate of drug-likeness (QED) is 0.303. The minimum atomic E-state index is -0.722. The average molecular weight is 228 g/mol. The van der Waals surface area contributed by atoms with Crippen LogP contribution in [0.15, 0.2) is 6.33 Å². The molecular formula is C7H12N6O3. The molecule has 1 aromatic heterocycles. The van der Waals surface area contributed by atoms with E-state index >= 15 is 0 Å². The van der Waals surface area contributed by atoms with Gasteiger partial charge in [0.15, 0.2) is 0 Å². The molecule has 0 aliphatic rings. The van der Waals surface area contributed by atoms with Gasteiger partial charge in [-0.1, -0.05) is 18.3 Å². The van der Waals surface area contributed by atoms with Gasteiger partial charge in [-0.2, -0.15) is 4.68 Å². The van der Waals surface area contributed by atoms with Crippen LogP contribution in [0.25, 0.3) is 0 Å². The van der Waals surface area contributed by atoms with Crippen molar-refractivity contribution in [2.45, 2.75) is 25.8 Å². The number of nitrogens with one attached hydrogen (secondary N) is 1. The Balaban J connectivity index is 2.92. The Hall–Kier alpha value is -2.03. The molecule has 1 amide bonds. The maximum Gasteiger partial charge on any atom is 0.490 e. The number of carbonyl (C=O) groups excluding carboxylic acids is 1. The lowest BCUT2D eigenvalue weighted by molar-refractivity contribution is -0.394. The van der Waals surface area contributed by atoms with Gasteiger partial charge in [-0.25, -0.2) is 5.84 Å². The molecule has 0 radical (unpaired) electrons. The molecule has 16 heavy (non-hydrogen) atoms. The Bertz CT molecular complexity index is 389. The first-order chi connectivity index (χ1) is 7.60. The van der Waals surface area contributed by atoms with Crippen molar-refractivity contribution in [1.82, 2.24) is 20.2 Å². The standard InChI is InChI=1S/C7H12N6O3/c1-2-3-5(6(14)10-8)12-4-9-7(11-12)13(15)16/h4-5H,2-3,8H2,1H3,(H,10,14). The summed E-state index contributed by atoms with van der Waals surface area (Å²) in [6.45, 7) is 1.88. The molecule has 1 aromatic rings. The van der Waals surface area contributed by atoms with E-state index in [0.29, 0.717) is 12.8 Å². The zero-order chi connectivity index (χ0) is 12.1. The first kappa shape index (κ1) is 12.0. The number of hydrogen-bond acceptors (Lipinski definition) is 6. The molecule has 3 N–H and O–H groups in total. The molecule has 0 aliphatic heterocycles. The molecule has 0 saturated heterocycles. The van der Waals surface area contributed by atoms with Gasteiger partial charge in [0.25, 0.3) is 5.91 Å². The van der Waals surface area contributed by atoms with E-state index < -0.39 is 22.8 Å². The number of carbonyl (C=O) groups is 1. The van der Waals surface area contributed by atoms with E-state index in [2.05, 4.69) is 10.1 Å². The van der Waals surface area contributed by atoms with Crippen molar-refractivity contribution in [1.29, 1.82) is 0 Å². The van der Waals surface area contributed by atoms with Gasteiger partial charge in [0.1, 0.15) is 6.04 Å². The lowest BCUT2D eigenvalue weighted by atomic mass is 10.1. The van der Waals surface area contributed by atoms with E-state index in [1.807, 2.05) is 12.3 Å². The molecular weight excluding hydrogens is 216 g/mol. The summed E-state index contributed by atoms with van der Waals surface area (Å²) in [5.74, 6) is 4.02. The Morgan fingerprint density at radius 2 is 2.50 bits per heavy atom. The second-order valence-corrected chi connectivity index (χ2v) is 3.09. The summed E-state index contributed by atoms with van der Waals surface area (Å²) < 4.78 is 1.14. The lowest BCUT2D eigenvalue weighted by Crippen LogP contribution is -2.37. The molecule has 1 heterocycles. The molecule has 1 atom stereocenters. The van der Waals surface area contributed by atoms with Gasteiger partial charge in [0.2, 0.25) is 6.33 Å². The van der Waals surface area contributed by atoms with Gasteiger partial charge in [-0.3, -0.25) is 10.2 Å². The van der Waals surface area contributed by atoms with Crippen LogP contribution in [0, 0.1) is 10.1 Å². The van der Waals surface area contributed by atoms with E-state index in [-0.39, 0.29) is 0 Å². The number of rotatable bonds is 5. The van der Waals surface area contributed by atoms with Crippen LogP contribution in [-0.4, -0.2) is 25.6 Å². The Labute approximate surface area is 90.8 Å². The first-order valence-electron chi connectivity index (χ1n) is 4.66. The Morgan fingerprint density at radius 1 is 1.81 bits per heavy atom. The molecule has 88 valence electrons. The molecule has 9 nitrogen and oxygen atoms in total. The second-order valence-electron chi connectivity index (χ2n) is 3.09. The highest BCUT2D eigenvalue weighted by molar-refractivity contribution is 5.79. The number of nitrogens with zero attached hydrogens (tertiary/aromatic N) is 4. The second kappa shape index (κ2) is 5.16. The third-order valence-corrected chi connectivity index (χ3v) is 1.99. The monoisotopic (exact) mass is 228 g/mol. The van der Waals surface area contributed by atoms with Crippen LogP contribution in [0.5, 0.6) is 0 Å². The number of aromatic nitrogens is 3. The van der Waals surface area contributed by atoms with Crippen molar-refractivity contribution in [3.05, 3.63) is 16.4 Å². The van der Waals surface area contributed by atoms with Crippen LogP contribution >= 0.6 is 0 Å². The van der Waals surface area contributed by atoms with Gasteiger partial charge in [0.05, 0.1) is 0 Å². The van der Waals surface area contributed by atoms with Gasteiger partial charge < -0.3 is 10.1 Å². The maximum absolute atomic E-state index is 11.4. The van der Waals surface area contributed by atoms with E-state index in [4.69, 9.17) is 5.84 Å². The highest BCUT2D eigenvalue weighted by Gasteiger charge is 2.25. The predicted molar refractivity (Wildman–Crippen MR) is 53.0 cm³/mol. The molecule has 0 aromatic carbocycles. The summed E-state index contributed by atoms with van der Waals surface area (Å²) in [6.07, 6.45) is 2.34. The minimum absolute atomic E-state index is 0.457. The zero-order valence-corrected chi connectivity index (χ0v) is 8.66. The molecule has 0 saturated carbocycles. The SMILES string of the molecule is CCCC(C(=O)NN)n1cnc([N+](=O)[O-])n1. The highest BCUT2D eigenvalue weighted by atomic mass is 16.6. The minimum Gasteiger partial charge on any atom is -0.390 e. The molecule has 0 bridgehead atoms. The fraction of sp³-hybridized carbons (Fsp3) is 0.571. The van der Waals surface area contributed by atoms with Gasteiger partial charge in [-0.15, -0.1) is 0 Å². The molecule has 0 fully saturated rings. The van der Waals surface area contributed by atoms with Crippen LogP contribution in [-0.2, 0) is 4.79 Å². The largest absolute Gasteiger partial charge is 0.490 e. The van der Waals surface area contributed by atoms with Crippen molar-refractivity contribution in [3.63, 3.8) is 0 Å². The summed E-state index contributed by atoms with van der Waals surface area (Å²) in [4.78, 5) is 24.5. The molecule has 1 unspecified atom stereocenters. The topological polar surface area (TPSA) is 129 Å². The fourth-order valence-corrected chi connectivity index (χ4v) is 1.25. The van der Waals surface area contributed by atoms with E-state index in [9.17, 15) is 14.9 Å². The number of hydrogen-bond donors (Lipinski definition) is 2.